The third-order valence-electron chi connectivity index (χ3n) is 7.48. The predicted molar refractivity (Wildman–Crippen MR) is 123 cm³/mol. The Kier molecular flexibility index (Phi) is 6.06. The highest BCUT2D eigenvalue weighted by Crippen LogP contribution is 2.55. The Labute approximate surface area is 199 Å². The molecule has 2 aliphatic heterocycles. The van der Waals surface area contributed by atoms with Crippen LogP contribution in [0.25, 0.3) is 0 Å². The Morgan fingerprint density at radius 1 is 1.15 bits per heavy atom. The number of likely N-dealkylation sites (tertiary alicyclic amines) is 1. The van der Waals surface area contributed by atoms with E-state index in [0.717, 1.165) is 51.3 Å². The maximum absolute atomic E-state index is 12.9. The highest BCUT2D eigenvalue weighted by molar-refractivity contribution is 5.67. The number of piperazine rings is 1. The van der Waals surface area contributed by atoms with Crippen molar-refractivity contribution in [1.82, 2.24) is 19.8 Å². The second-order valence-electron chi connectivity index (χ2n) is 12.3. The van der Waals surface area contributed by atoms with Crippen LogP contribution < -0.4 is 4.90 Å². The normalized spacial score (nSPS) is 28.1. The van der Waals surface area contributed by atoms with Crippen molar-refractivity contribution in [2.75, 3.05) is 37.6 Å². The number of alkyl halides is 3. The molecule has 1 aliphatic carbocycles. The van der Waals surface area contributed by atoms with Crippen LogP contribution in [0, 0.1) is 16.7 Å². The number of carbonyl (C=O) groups is 1. The molecule has 0 unspecified atom stereocenters. The van der Waals surface area contributed by atoms with Gasteiger partial charge in [0.25, 0.3) is 0 Å². The van der Waals surface area contributed by atoms with Crippen LogP contribution in [0.15, 0.2) is 12.4 Å². The molecule has 1 aromatic rings. The number of halogens is 3. The summed E-state index contributed by atoms with van der Waals surface area (Å²) in [6, 6.07) is -0.331. The number of hydrogen-bond acceptors (Lipinski definition) is 5. The summed E-state index contributed by atoms with van der Waals surface area (Å²) >= 11 is 0. The summed E-state index contributed by atoms with van der Waals surface area (Å²) in [5, 5.41) is 9.98. The van der Waals surface area contributed by atoms with Crippen molar-refractivity contribution < 1.29 is 23.1 Å². The fourth-order valence-electron chi connectivity index (χ4n) is 6.72. The monoisotopic (exact) mass is 483 g/mol. The van der Waals surface area contributed by atoms with E-state index >= 15 is 0 Å². The van der Waals surface area contributed by atoms with Crippen molar-refractivity contribution in [3.05, 3.63) is 18.0 Å². The minimum atomic E-state index is -4.49. The lowest BCUT2D eigenvalue weighted by Gasteiger charge is -2.62. The molecule has 1 saturated carbocycles. The number of anilines is 1. The number of carboxylic acid groups (broad SMARTS) is 1. The highest BCUT2D eigenvalue weighted by Gasteiger charge is 2.55. The molecule has 10 heteroatoms. The van der Waals surface area contributed by atoms with Crippen LogP contribution in [0.3, 0.4) is 0 Å². The Morgan fingerprint density at radius 2 is 1.74 bits per heavy atom. The average molecular weight is 484 g/mol. The summed E-state index contributed by atoms with van der Waals surface area (Å²) in [7, 11) is 0. The molecule has 0 aromatic carbocycles. The van der Waals surface area contributed by atoms with Gasteiger partial charge in [0, 0.05) is 45.1 Å². The molecular weight excluding hydrogens is 447 g/mol. The van der Waals surface area contributed by atoms with Gasteiger partial charge in [-0.05, 0) is 49.9 Å². The molecule has 3 fully saturated rings. The van der Waals surface area contributed by atoms with Gasteiger partial charge in [0.2, 0.25) is 5.95 Å². The van der Waals surface area contributed by atoms with Gasteiger partial charge in [-0.15, -0.1) is 0 Å². The van der Waals surface area contributed by atoms with E-state index in [4.69, 9.17) is 0 Å². The van der Waals surface area contributed by atoms with E-state index in [9.17, 15) is 23.1 Å². The van der Waals surface area contributed by atoms with Crippen LogP contribution in [0.5, 0.6) is 0 Å². The first kappa shape index (κ1) is 25.0. The maximum Gasteiger partial charge on any atom is 0.419 e. The van der Waals surface area contributed by atoms with Crippen molar-refractivity contribution in [3.63, 3.8) is 0 Å². The number of aromatic nitrogens is 2. The van der Waals surface area contributed by atoms with Crippen LogP contribution in [-0.4, -0.2) is 75.3 Å². The zero-order chi connectivity index (χ0) is 25.1. The summed E-state index contributed by atoms with van der Waals surface area (Å²) in [6.45, 7) is 14.5. The van der Waals surface area contributed by atoms with Gasteiger partial charge < -0.3 is 14.9 Å². The van der Waals surface area contributed by atoms with E-state index in [1.165, 1.54) is 4.90 Å². The van der Waals surface area contributed by atoms with E-state index in [1.54, 1.807) is 0 Å². The van der Waals surface area contributed by atoms with E-state index < -0.39 is 23.4 Å². The van der Waals surface area contributed by atoms with Crippen molar-refractivity contribution in [3.8, 4) is 0 Å². The van der Waals surface area contributed by atoms with E-state index in [-0.39, 0.29) is 17.4 Å². The van der Waals surface area contributed by atoms with E-state index in [0.29, 0.717) is 24.4 Å². The first-order valence-electron chi connectivity index (χ1n) is 12.0. The lowest BCUT2D eigenvalue weighted by Crippen LogP contribution is -2.68. The minimum Gasteiger partial charge on any atom is -0.465 e. The molecule has 1 aromatic heterocycles. The quantitative estimate of drug-likeness (QED) is 0.675. The number of hydrogen-bond donors (Lipinski definition) is 1. The SMILES string of the molecule is C[C@H]1CN(c2ncc(C(F)(F)F)cn2)C[C@@](C)(CC2CC3(C2)CN(CC(C)(C)C)C3)N1C(=O)O. The molecule has 190 valence electrons. The van der Waals surface area contributed by atoms with Crippen LogP contribution >= 0.6 is 0 Å². The van der Waals surface area contributed by atoms with Crippen molar-refractivity contribution in [2.45, 2.75) is 71.6 Å². The zero-order valence-electron chi connectivity index (χ0n) is 20.7. The lowest BCUT2D eigenvalue weighted by atomic mass is 9.55. The fourth-order valence-corrected chi connectivity index (χ4v) is 6.72. The first-order valence-corrected chi connectivity index (χ1v) is 12.0. The molecule has 7 nitrogen and oxygen atoms in total. The van der Waals surface area contributed by atoms with Crippen molar-refractivity contribution >= 4 is 12.0 Å². The smallest absolute Gasteiger partial charge is 0.419 e. The van der Waals surface area contributed by atoms with Gasteiger partial charge in [0.1, 0.15) is 0 Å². The van der Waals surface area contributed by atoms with Crippen LogP contribution in [0.1, 0.15) is 59.4 Å². The zero-order valence-corrected chi connectivity index (χ0v) is 20.7. The van der Waals surface area contributed by atoms with E-state index in [1.807, 2.05) is 18.7 Å². The second-order valence-corrected chi connectivity index (χ2v) is 12.3. The maximum atomic E-state index is 12.9. The van der Waals surface area contributed by atoms with Gasteiger partial charge in [-0.2, -0.15) is 13.2 Å². The molecule has 3 heterocycles. The summed E-state index contributed by atoms with van der Waals surface area (Å²) in [6.07, 6.45) is -0.942. The average Bonchev–Trinajstić information content (AvgIpc) is 2.62. The van der Waals surface area contributed by atoms with E-state index in [2.05, 4.69) is 35.6 Å². The largest absolute Gasteiger partial charge is 0.465 e. The van der Waals surface area contributed by atoms with Crippen LogP contribution in [0.4, 0.5) is 23.9 Å². The van der Waals surface area contributed by atoms with Crippen LogP contribution in [0.2, 0.25) is 0 Å². The first-order chi connectivity index (χ1) is 15.6. The Hall–Kier alpha value is -2.10. The number of rotatable bonds is 4. The molecule has 1 amide bonds. The standard InChI is InChI=1S/C24H36F3N5O2/c1-16-11-31(19-28-9-18(10-29-19)24(25,26)27)13-22(5,32(16)20(33)34)6-17-7-23(8-17)14-30(15-23)12-21(2,3)4/h9-10,16-17H,6-8,11-15H2,1-5H3,(H,33,34)/t16-,22+/m0/s1. The molecule has 2 saturated heterocycles. The van der Waals surface area contributed by atoms with Gasteiger partial charge in [-0.3, -0.25) is 4.90 Å². The minimum absolute atomic E-state index is 0.206. The van der Waals surface area contributed by atoms with Gasteiger partial charge in [0.05, 0.1) is 17.1 Å². The summed E-state index contributed by atoms with van der Waals surface area (Å²) < 4.78 is 38.7. The third kappa shape index (κ3) is 4.97. The number of nitrogens with zero attached hydrogens (tertiary/aromatic N) is 5. The highest BCUT2D eigenvalue weighted by atomic mass is 19.4. The predicted octanol–water partition coefficient (Wildman–Crippen LogP) is 4.59. The van der Waals surface area contributed by atoms with Gasteiger partial charge in [-0.1, -0.05) is 20.8 Å². The van der Waals surface area contributed by atoms with Gasteiger partial charge in [-0.25, -0.2) is 14.8 Å². The molecular formula is C24H36F3N5O2. The number of amides is 1. The van der Waals surface area contributed by atoms with Gasteiger partial charge in [0.15, 0.2) is 0 Å². The molecule has 34 heavy (non-hydrogen) atoms. The second kappa shape index (κ2) is 8.24. The Bertz CT molecular complexity index is 903. The molecule has 2 atom stereocenters. The topological polar surface area (TPSA) is 72.8 Å². The molecule has 4 rings (SSSR count). The molecule has 1 N–H and O–H groups in total. The molecule has 1 spiro atoms. The summed E-state index contributed by atoms with van der Waals surface area (Å²) in [5.41, 5.74) is -0.910. The summed E-state index contributed by atoms with van der Waals surface area (Å²) in [4.78, 5) is 26.0. The van der Waals surface area contributed by atoms with Crippen LogP contribution in [-0.2, 0) is 6.18 Å². The third-order valence-corrected chi connectivity index (χ3v) is 7.48. The molecule has 0 bridgehead atoms. The Balaban J connectivity index is 1.43. The van der Waals surface area contributed by atoms with Crippen molar-refractivity contribution in [1.29, 1.82) is 0 Å². The van der Waals surface area contributed by atoms with Gasteiger partial charge >= 0.3 is 12.3 Å². The Morgan fingerprint density at radius 3 is 2.24 bits per heavy atom. The molecule has 3 aliphatic rings. The fraction of sp³-hybridized carbons (Fsp3) is 0.792. The lowest BCUT2D eigenvalue weighted by molar-refractivity contribution is -0.138. The van der Waals surface area contributed by atoms with Crippen molar-refractivity contribution in [2.24, 2.45) is 16.7 Å². The summed E-state index contributed by atoms with van der Waals surface area (Å²) in [5.74, 6) is 0.641. The molecule has 0 radical (unpaired) electrons.